The fourth-order valence-corrected chi connectivity index (χ4v) is 4.29. The van der Waals surface area contributed by atoms with Crippen LogP contribution in [0.4, 0.5) is 22.0 Å². The molecule has 1 heterocycles. The van der Waals surface area contributed by atoms with Gasteiger partial charge < -0.3 is 4.74 Å². The lowest BCUT2D eigenvalue weighted by Crippen LogP contribution is -2.29. The Balaban J connectivity index is 1.63. The lowest BCUT2D eigenvalue weighted by atomic mass is 9.74. The van der Waals surface area contributed by atoms with Gasteiger partial charge >= 0.3 is 6.18 Å². The fraction of sp³-hybridized carbons (Fsp3) is 0.619. The summed E-state index contributed by atoms with van der Waals surface area (Å²) in [5, 5.41) is 0. The zero-order valence-corrected chi connectivity index (χ0v) is 15.4. The van der Waals surface area contributed by atoms with E-state index in [-0.39, 0.29) is 6.08 Å². The number of hydrogen-bond acceptors (Lipinski definition) is 1. The van der Waals surface area contributed by atoms with Crippen LogP contribution in [0.1, 0.15) is 62.7 Å². The van der Waals surface area contributed by atoms with Gasteiger partial charge in [-0.05, 0) is 67.2 Å². The lowest BCUT2D eigenvalue weighted by Gasteiger charge is -2.37. The van der Waals surface area contributed by atoms with Gasteiger partial charge in [0.1, 0.15) is 11.6 Å². The molecule has 1 aromatic carbocycles. The Morgan fingerprint density at radius 3 is 2.04 bits per heavy atom. The summed E-state index contributed by atoms with van der Waals surface area (Å²) < 4.78 is 70.9. The molecule has 0 bridgehead atoms. The maximum absolute atomic E-state index is 14.1. The van der Waals surface area contributed by atoms with Crippen LogP contribution in [0.3, 0.4) is 0 Å². The van der Waals surface area contributed by atoms with E-state index in [1.165, 1.54) is 25.7 Å². The molecule has 2 aliphatic rings. The normalized spacial score (nSPS) is 30.0. The van der Waals surface area contributed by atoms with Crippen LogP contribution < -0.4 is 0 Å². The highest BCUT2D eigenvalue weighted by molar-refractivity contribution is 5.52. The van der Waals surface area contributed by atoms with Crippen molar-refractivity contribution in [2.45, 2.75) is 57.7 Å². The molecule has 2 unspecified atom stereocenters. The number of allylic oxidation sites excluding steroid dienone is 1. The van der Waals surface area contributed by atoms with Gasteiger partial charge in [-0.2, -0.15) is 13.2 Å². The predicted molar refractivity (Wildman–Crippen MR) is 94.0 cm³/mol. The molecule has 0 amide bonds. The van der Waals surface area contributed by atoms with E-state index in [1.54, 1.807) is 0 Å². The van der Waals surface area contributed by atoms with Crippen molar-refractivity contribution in [3.8, 4) is 0 Å². The summed E-state index contributed by atoms with van der Waals surface area (Å²) in [6.07, 6.45) is 1.77. The number of halogens is 5. The molecular formula is C21H25F5O. The van der Waals surface area contributed by atoms with E-state index in [0.29, 0.717) is 36.5 Å². The largest absolute Gasteiger partial charge is 0.409 e. The van der Waals surface area contributed by atoms with E-state index >= 15 is 0 Å². The minimum Gasteiger partial charge on any atom is -0.373 e. The second-order valence-electron chi connectivity index (χ2n) is 7.95. The van der Waals surface area contributed by atoms with Gasteiger partial charge in [0, 0.05) is 11.6 Å². The maximum Gasteiger partial charge on any atom is 0.409 e. The quantitative estimate of drug-likeness (QED) is 0.516. The van der Waals surface area contributed by atoms with Crippen LogP contribution in [0, 0.1) is 29.4 Å². The number of hydrogen-bond donors (Lipinski definition) is 0. The van der Waals surface area contributed by atoms with E-state index in [9.17, 15) is 22.0 Å². The van der Waals surface area contributed by atoms with Crippen LogP contribution in [-0.2, 0) is 4.74 Å². The van der Waals surface area contributed by atoms with Crippen LogP contribution in [0.25, 0.3) is 6.08 Å². The Bertz CT molecular complexity index is 643. The molecule has 1 saturated carbocycles. The third-order valence-corrected chi connectivity index (χ3v) is 5.95. The number of rotatable bonds is 3. The highest BCUT2D eigenvalue weighted by atomic mass is 19.4. The van der Waals surface area contributed by atoms with Gasteiger partial charge in [-0.15, -0.1) is 0 Å². The Labute approximate surface area is 156 Å². The first-order chi connectivity index (χ1) is 12.7. The van der Waals surface area contributed by atoms with Crippen molar-refractivity contribution in [2.24, 2.45) is 17.8 Å². The summed E-state index contributed by atoms with van der Waals surface area (Å²) in [6, 6.07) is 2.18. The molecule has 6 heteroatoms. The van der Waals surface area contributed by atoms with E-state index in [4.69, 9.17) is 4.74 Å². The summed E-state index contributed by atoms with van der Waals surface area (Å²) >= 11 is 0. The SMILES string of the molecule is CC1CCC(C2CCC(c3cc(F)c(/C=C/C(F)(F)F)c(F)c3)OC2)CC1. The third-order valence-electron chi connectivity index (χ3n) is 5.95. The van der Waals surface area contributed by atoms with E-state index in [1.807, 2.05) is 0 Å². The van der Waals surface area contributed by atoms with Gasteiger partial charge in [0.05, 0.1) is 12.7 Å². The molecule has 1 saturated heterocycles. The molecule has 3 rings (SSSR count). The Kier molecular flexibility index (Phi) is 6.24. The first-order valence-corrected chi connectivity index (χ1v) is 9.59. The Morgan fingerprint density at radius 1 is 0.926 bits per heavy atom. The fourth-order valence-electron chi connectivity index (χ4n) is 4.29. The smallest absolute Gasteiger partial charge is 0.373 e. The summed E-state index contributed by atoms with van der Waals surface area (Å²) in [7, 11) is 0. The Morgan fingerprint density at radius 2 is 1.52 bits per heavy atom. The van der Waals surface area contributed by atoms with Crippen molar-refractivity contribution in [2.75, 3.05) is 6.61 Å². The molecule has 2 atom stereocenters. The average Bonchev–Trinajstić information content (AvgIpc) is 2.61. The van der Waals surface area contributed by atoms with Crippen LogP contribution in [0.2, 0.25) is 0 Å². The highest BCUT2D eigenvalue weighted by Gasteiger charge is 2.31. The summed E-state index contributed by atoms with van der Waals surface area (Å²) in [5.41, 5.74) is -0.328. The summed E-state index contributed by atoms with van der Waals surface area (Å²) in [4.78, 5) is 0. The molecule has 0 radical (unpaired) electrons. The van der Waals surface area contributed by atoms with Gasteiger partial charge in [-0.1, -0.05) is 19.8 Å². The van der Waals surface area contributed by atoms with E-state index < -0.39 is 29.5 Å². The Hall–Kier alpha value is -1.43. The van der Waals surface area contributed by atoms with Gasteiger partial charge in [-0.25, -0.2) is 8.78 Å². The first-order valence-electron chi connectivity index (χ1n) is 9.59. The first kappa shape index (κ1) is 20.3. The van der Waals surface area contributed by atoms with Crippen LogP contribution in [0.15, 0.2) is 18.2 Å². The molecule has 27 heavy (non-hydrogen) atoms. The van der Waals surface area contributed by atoms with Crippen molar-refractivity contribution < 1.29 is 26.7 Å². The molecule has 0 N–H and O–H groups in total. The van der Waals surface area contributed by atoms with Gasteiger partial charge in [0.15, 0.2) is 0 Å². The van der Waals surface area contributed by atoms with Crippen molar-refractivity contribution in [3.63, 3.8) is 0 Å². The lowest BCUT2D eigenvalue weighted by molar-refractivity contribution is -0.0790. The molecule has 2 fully saturated rings. The van der Waals surface area contributed by atoms with Gasteiger partial charge in [0.25, 0.3) is 0 Å². The van der Waals surface area contributed by atoms with Crippen LogP contribution in [-0.4, -0.2) is 12.8 Å². The van der Waals surface area contributed by atoms with E-state index in [2.05, 4.69) is 6.92 Å². The van der Waals surface area contributed by atoms with Crippen LogP contribution in [0.5, 0.6) is 0 Å². The maximum atomic E-state index is 14.1. The molecule has 1 aliphatic heterocycles. The predicted octanol–water partition coefficient (Wildman–Crippen LogP) is 6.83. The van der Waals surface area contributed by atoms with Crippen molar-refractivity contribution in [3.05, 3.63) is 41.0 Å². The second kappa shape index (κ2) is 8.29. The molecule has 0 aromatic heterocycles. The summed E-state index contributed by atoms with van der Waals surface area (Å²) in [5.74, 6) is -0.0766. The van der Waals surface area contributed by atoms with E-state index in [0.717, 1.165) is 24.5 Å². The van der Waals surface area contributed by atoms with Gasteiger partial charge in [0.2, 0.25) is 0 Å². The zero-order chi connectivity index (χ0) is 19.6. The van der Waals surface area contributed by atoms with Crippen molar-refractivity contribution >= 4 is 6.08 Å². The molecule has 1 nitrogen and oxygen atoms in total. The molecule has 1 aromatic rings. The second-order valence-corrected chi connectivity index (χ2v) is 7.95. The summed E-state index contributed by atoms with van der Waals surface area (Å²) in [6.45, 7) is 2.85. The highest BCUT2D eigenvalue weighted by Crippen LogP contribution is 2.40. The minimum atomic E-state index is -4.62. The minimum absolute atomic E-state index is 0.166. The topological polar surface area (TPSA) is 9.23 Å². The van der Waals surface area contributed by atoms with Crippen molar-refractivity contribution in [1.29, 1.82) is 0 Å². The molecule has 150 valence electrons. The number of benzene rings is 1. The zero-order valence-electron chi connectivity index (χ0n) is 15.4. The average molecular weight is 388 g/mol. The monoisotopic (exact) mass is 388 g/mol. The number of alkyl halides is 3. The molecule has 1 aliphatic carbocycles. The van der Waals surface area contributed by atoms with Gasteiger partial charge in [-0.3, -0.25) is 0 Å². The standard InChI is InChI=1S/C21H25F5O/c1-13-2-4-14(5-3-13)15-6-7-20(27-12-15)16-10-18(22)17(19(23)11-16)8-9-21(24,25)26/h8-11,13-15,20H,2-7,12H2,1H3/b9-8+. The third kappa shape index (κ3) is 5.31. The number of ether oxygens (including phenoxy) is 1. The molecular weight excluding hydrogens is 363 g/mol. The van der Waals surface area contributed by atoms with Crippen LogP contribution >= 0.6 is 0 Å². The molecule has 0 spiro atoms. The van der Waals surface area contributed by atoms with Crippen molar-refractivity contribution in [1.82, 2.24) is 0 Å².